The Kier molecular flexibility index (Phi) is 11.8. The molecule has 1 aliphatic heterocycles. The van der Waals surface area contributed by atoms with Gasteiger partial charge in [-0.1, -0.05) is 6.42 Å². The first-order valence-electron chi connectivity index (χ1n) is 7.88. The Labute approximate surface area is 161 Å². The number of hydroxylamine groups is 4. The van der Waals surface area contributed by atoms with Crippen LogP contribution in [0.4, 0.5) is 0 Å². The van der Waals surface area contributed by atoms with Crippen molar-refractivity contribution >= 4 is 30.7 Å². The van der Waals surface area contributed by atoms with Gasteiger partial charge in [0.15, 0.2) is 0 Å². The fourth-order valence-corrected chi connectivity index (χ4v) is 2.94. The van der Waals surface area contributed by atoms with Crippen LogP contribution in [0.15, 0.2) is 0 Å². The lowest BCUT2D eigenvalue weighted by Crippen LogP contribution is -2.60. The van der Waals surface area contributed by atoms with Crippen molar-refractivity contribution in [3.8, 4) is 6.07 Å². The molecule has 9 nitrogen and oxygen atoms in total. The Balaban J connectivity index is 0. The van der Waals surface area contributed by atoms with Gasteiger partial charge in [-0.15, -0.1) is 24.8 Å². The molecule has 0 aromatic heterocycles. The Hall–Kier alpha value is -0.700. The first kappa shape index (κ1) is 26.5. The minimum Gasteiger partial charge on any atom is -0.599 e. The number of nitrogens with two attached hydrogens (primary N) is 3. The highest BCUT2D eigenvalue weighted by molar-refractivity contribution is 5.85. The Morgan fingerprint density at radius 2 is 2.08 bits per heavy atom. The monoisotopic (exact) mass is 400 g/mol. The molecule has 1 unspecified atom stereocenters. The molecule has 3 atom stereocenters. The lowest BCUT2D eigenvalue weighted by Gasteiger charge is -2.36. The summed E-state index contributed by atoms with van der Waals surface area (Å²) in [6.45, 7) is 0.269. The zero-order valence-electron chi connectivity index (χ0n) is 14.5. The number of halogens is 2. The summed E-state index contributed by atoms with van der Waals surface area (Å²) in [5.74, 6) is -0.194. The number of hydrogen-bond donors (Lipinski definition) is 4. The molecule has 1 aliphatic rings. The summed E-state index contributed by atoms with van der Waals surface area (Å²) < 4.78 is 0. The quantitative estimate of drug-likeness (QED) is 0.195. The zero-order chi connectivity index (χ0) is 17.7. The molecule has 0 aromatic carbocycles. The Morgan fingerprint density at radius 3 is 2.60 bits per heavy atom. The van der Waals surface area contributed by atoms with Crippen LogP contribution in [-0.2, 0) is 4.79 Å². The summed E-state index contributed by atoms with van der Waals surface area (Å²) in [6.07, 6.45) is 3.55. The maximum absolute atomic E-state index is 12.2. The molecule has 25 heavy (non-hydrogen) atoms. The number of carbonyl (C=O) groups excluding carboxylic acids is 1. The number of carbonyl (C=O) groups is 1. The molecule has 1 amide bonds. The van der Waals surface area contributed by atoms with E-state index in [0.717, 1.165) is 13.5 Å². The van der Waals surface area contributed by atoms with Crippen LogP contribution in [0.25, 0.3) is 0 Å². The predicted molar refractivity (Wildman–Crippen MR) is 98.6 cm³/mol. The number of quaternary nitrogens is 1. The number of likely N-dealkylation sites (tertiary alicyclic amines) is 1. The third kappa shape index (κ3) is 9.53. The molecule has 1 heterocycles. The van der Waals surface area contributed by atoms with Gasteiger partial charge in [0.25, 0.3) is 0 Å². The summed E-state index contributed by atoms with van der Waals surface area (Å²) in [7, 11) is 1.06. The first-order chi connectivity index (χ1) is 10.6. The van der Waals surface area contributed by atoms with Crippen molar-refractivity contribution in [2.45, 2.75) is 56.3 Å². The summed E-state index contributed by atoms with van der Waals surface area (Å²) in [4.78, 5) is 12.2. The smallest absolute Gasteiger partial charge is 0.240 e. The lowest BCUT2D eigenvalue weighted by atomic mass is 10.0. The second-order valence-corrected chi connectivity index (χ2v) is 6.61. The van der Waals surface area contributed by atoms with Gasteiger partial charge in [-0.3, -0.25) is 4.79 Å². The fourth-order valence-electron chi connectivity index (χ4n) is 2.94. The largest absolute Gasteiger partial charge is 0.599 e. The van der Waals surface area contributed by atoms with Crippen LogP contribution in [0, 0.1) is 16.5 Å². The van der Waals surface area contributed by atoms with Gasteiger partial charge in [0.05, 0.1) is 19.2 Å². The number of hydrogen-bond acceptors (Lipinski definition) is 7. The zero-order valence-corrected chi connectivity index (χ0v) is 16.1. The van der Waals surface area contributed by atoms with E-state index in [0.29, 0.717) is 38.6 Å². The summed E-state index contributed by atoms with van der Waals surface area (Å²) in [5, 5.41) is 29.4. The minimum atomic E-state index is -1.53. The van der Waals surface area contributed by atoms with E-state index in [1.54, 1.807) is 4.90 Å². The van der Waals surface area contributed by atoms with Crippen molar-refractivity contribution in [3.05, 3.63) is 5.21 Å². The third-order valence-corrected chi connectivity index (χ3v) is 4.00. The molecule has 0 radical (unpaired) electrons. The SMILES string of the molecule is C[N+]([O-])(O)CC(N)(N)CCCC[C@H](N)C(=O)N1CCC[C@H]1C#N.Cl.Cl. The molecule has 11 heteroatoms. The van der Waals surface area contributed by atoms with Gasteiger partial charge in [-0.25, -0.2) is 10.0 Å². The van der Waals surface area contributed by atoms with E-state index in [1.807, 2.05) is 0 Å². The molecule has 1 saturated heterocycles. The van der Waals surface area contributed by atoms with Crippen LogP contribution in [0.3, 0.4) is 0 Å². The van der Waals surface area contributed by atoms with Gasteiger partial charge in [0, 0.05) is 6.54 Å². The van der Waals surface area contributed by atoms with E-state index >= 15 is 0 Å². The maximum Gasteiger partial charge on any atom is 0.240 e. The summed E-state index contributed by atoms with van der Waals surface area (Å²) >= 11 is 0. The number of amides is 1. The van der Waals surface area contributed by atoms with Gasteiger partial charge in [0.2, 0.25) is 5.91 Å². The number of likely N-dealkylation sites (N-methyl/N-ethyl adjacent to an activating group) is 1. The second kappa shape index (κ2) is 11.1. The van der Waals surface area contributed by atoms with E-state index < -0.39 is 16.5 Å². The molecule has 0 saturated carbocycles. The van der Waals surface area contributed by atoms with Crippen LogP contribution in [0.1, 0.15) is 38.5 Å². The van der Waals surface area contributed by atoms with Gasteiger partial charge in [0.1, 0.15) is 18.2 Å². The van der Waals surface area contributed by atoms with E-state index in [2.05, 4.69) is 6.07 Å². The number of rotatable bonds is 8. The molecule has 7 N–H and O–H groups in total. The number of nitriles is 1. The van der Waals surface area contributed by atoms with Crippen LogP contribution in [-0.4, -0.2) is 58.7 Å². The lowest BCUT2D eigenvalue weighted by molar-refractivity contribution is -1.05. The van der Waals surface area contributed by atoms with Crippen molar-refractivity contribution in [1.29, 1.82) is 5.26 Å². The van der Waals surface area contributed by atoms with Crippen molar-refractivity contribution in [2.24, 2.45) is 17.2 Å². The normalized spacial score (nSPS) is 20.7. The molecule has 0 bridgehead atoms. The van der Waals surface area contributed by atoms with Gasteiger partial charge < -0.3 is 27.3 Å². The third-order valence-electron chi connectivity index (χ3n) is 4.00. The van der Waals surface area contributed by atoms with Crippen LogP contribution in [0.5, 0.6) is 0 Å². The van der Waals surface area contributed by atoms with Crippen LogP contribution in [0.2, 0.25) is 0 Å². The standard InChI is InChI=1S/C14H28N6O3.2ClH/c1-20(22,23)10-14(17,18)7-3-2-6-12(16)13(21)19-8-4-5-11(19)9-15;;/h11-12,22H,2-8,10,16-18H2,1H3;2*1H/t11-,12-;;/m0../s1. The molecular formula is C14H30Cl2N6O3. The highest BCUT2D eigenvalue weighted by Gasteiger charge is 2.31. The van der Waals surface area contributed by atoms with Crippen molar-refractivity contribution in [1.82, 2.24) is 4.90 Å². The molecule has 148 valence electrons. The van der Waals surface area contributed by atoms with E-state index in [1.165, 1.54) is 0 Å². The number of nitrogens with zero attached hydrogens (tertiary/aromatic N) is 3. The Bertz CT molecular complexity index is 453. The second-order valence-electron chi connectivity index (χ2n) is 6.61. The average molecular weight is 401 g/mol. The van der Waals surface area contributed by atoms with Crippen molar-refractivity contribution in [2.75, 3.05) is 20.1 Å². The van der Waals surface area contributed by atoms with Gasteiger partial charge >= 0.3 is 0 Å². The summed E-state index contributed by atoms with van der Waals surface area (Å²) in [6, 6.07) is 1.10. The van der Waals surface area contributed by atoms with Crippen LogP contribution >= 0.6 is 24.8 Å². The van der Waals surface area contributed by atoms with Gasteiger partial charge in [-0.05, 0) is 32.1 Å². The average Bonchev–Trinajstić information content (AvgIpc) is 2.88. The van der Waals surface area contributed by atoms with E-state index in [9.17, 15) is 10.0 Å². The highest BCUT2D eigenvalue weighted by atomic mass is 35.5. The topological polar surface area (TPSA) is 165 Å². The van der Waals surface area contributed by atoms with E-state index in [4.69, 9.17) is 27.7 Å². The molecule has 0 spiro atoms. The molecule has 0 aromatic rings. The minimum absolute atomic E-state index is 0. The number of unbranched alkanes of at least 4 members (excludes halogenated alkanes) is 1. The highest BCUT2D eigenvalue weighted by Crippen LogP contribution is 2.19. The van der Waals surface area contributed by atoms with Gasteiger partial charge in [-0.2, -0.15) is 5.26 Å². The fraction of sp³-hybridized carbons (Fsp3) is 0.857. The molecule has 1 fully saturated rings. The van der Waals surface area contributed by atoms with Crippen molar-refractivity contribution in [3.63, 3.8) is 0 Å². The summed E-state index contributed by atoms with van der Waals surface area (Å²) in [5.41, 5.74) is 16.2. The predicted octanol–water partition coefficient (Wildman–Crippen LogP) is 0.180. The molecule has 1 rings (SSSR count). The maximum atomic E-state index is 12.2. The molecular weight excluding hydrogens is 371 g/mol. The Morgan fingerprint density at radius 1 is 1.48 bits per heavy atom. The first-order valence-corrected chi connectivity index (χ1v) is 7.88. The van der Waals surface area contributed by atoms with Crippen molar-refractivity contribution < 1.29 is 14.8 Å². The van der Waals surface area contributed by atoms with Crippen LogP contribution < -0.4 is 17.2 Å². The molecule has 0 aliphatic carbocycles. The van der Waals surface area contributed by atoms with E-state index in [-0.39, 0.29) is 43.3 Å².